The number of nitrogens with zero attached hydrogens (tertiary/aromatic N) is 2. The van der Waals surface area contributed by atoms with E-state index in [1.54, 1.807) is 0 Å². The molecule has 0 amide bonds. The summed E-state index contributed by atoms with van der Waals surface area (Å²) in [7, 11) is 0. The molecule has 0 saturated carbocycles. The molecule has 1 aromatic rings. The SMILES string of the molecule is O=C(O)CSc1nc(CCOCC(F)(F)F)no1. The third-order valence-corrected chi connectivity index (χ3v) is 2.31. The van der Waals surface area contributed by atoms with Gasteiger partial charge in [-0.2, -0.15) is 18.2 Å². The molecule has 0 atom stereocenters. The van der Waals surface area contributed by atoms with E-state index in [1.165, 1.54) is 0 Å². The quantitative estimate of drug-likeness (QED) is 0.598. The van der Waals surface area contributed by atoms with Crippen LogP contribution in [0.2, 0.25) is 0 Å². The average molecular weight is 286 g/mol. The minimum Gasteiger partial charge on any atom is -0.481 e. The first-order chi connectivity index (χ1) is 8.37. The fourth-order valence-electron chi connectivity index (χ4n) is 0.873. The molecule has 10 heteroatoms. The Bertz CT molecular complexity index is 396. The minimum absolute atomic E-state index is 0.0585. The number of hydrogen-bond donors (Lipinski definition) is 1. The van der Waals surface area contributed by atoms with Crippen LogP contribution in [0.5, 0.6) is 0 Å². The maximum atomic E-state index is 11.7. The second-order valence-electron chi connectivity index (χ2n) is 3.08. The monoisotopic (exact) mass is 286 g/mol. The van der Waals surface area contributed by atoms with Crippen molar-refractivity contribution in [2.45, 2.75) is 17.8 Å². The van der Waals surface area contributed by atoms with E-state index in [1.807, 2.05) is 0 Å². The van der Waals surface area contributed by atoms with Crippen molar-refractivity contribution in [2.24, 2.45) is 0 Å². The van der Waals surface area contributed by atoms with Crippen LogP contribution < -0.4 is 0 Å². The van der Waals surface area contributed by atoms with E-state index in [-0.39, 0.29) is 29.8 Å². The Kier molecular flexibility index (Phi) is 5.41. The number of halogens is 3. The molecule has 0 aromatic carbocycles. The van der Waals surface area contributed by atoms with Crippen molar-refractivity contribution < 1.29 is 32.3 Å². The van der Waals surface area contributed by atoms with Gasteiger partial charge in [-0.15, -0.1) is 0 Å². The Morgan fingerprint density at radius 1 is 1.50 bits per heavy atom. The number of carboxylic acid groups (broad SMARTS) is 1. The summed E-state index contributed by atoms with van der Waals surface area (Å²) in [6.45, 7) is -1.52. The Labute approximate surface area is 103 Å². The Balaban J connectivity index is 2.25. The zero-order chi connectivity index (χ0) is 13.6. The van der Waals surface area contributed by atoms with Crippen molar-refractivity contribution in [1.82, 2.24) is 10.1 Å². The number of alkyl halides is 3. The average Bonchev–Trinajstić information content (AvgIpc) is 2.68. The van der Waals surface area contributed by atoms with Gasteiger partial charge in [0.15, 0.2) is 5.82 Å². The highest BCUT2D eigenvalue weighted by molar-refractivity contribution is 7.99. The number of ether oxygens (including phenoxy) is 1. The van der Waals surface area contributed by atoms with Crippen LogP contribution in [0.25, 0.3) is 0 Å². The van der Waals surface area contributed by atoms with Gasteiger partial charge < -0.3 is 14.4 Å². The molecule has 1 heterocycles. The number of thioether (sulfide) groups is 1. The smallest absolute Gasteiger partial charge is 0.411 e. The minimum atomic E-state index is -4.36. The number of rotatable bonds is 7. The number of carbonyl (C=O) groups is 1. The summed E-state index contributed by atoms with van der Waals surface area (Å²) in [5, 5.41) is 11.9. The molecule has 0 saturated heterocycles. The van der Waals surface area contributed by atoms with Gasteiger partial charge in [0.25, 0.3) is 5.22 Å². The van der Waals surface area contributed by atoms with E-state index in [9.17, 15) is 18.0 Å². The van der Waals surface area contributed by atoms with Crippen LogP contribution in [0.15, 0.2) is 9.75 Å². The Morgan fingerprint density at radius 2 is 2.22 bits per heavy atom. The molecule has 6 nitrogen and oxygen atoms in total. The van der Waals surface area contributed by atoms with E-state index in [0.717, 1.165) is 11.8 Å². The van der Waals surface area contributed by atoms with Crippen molar-refractivity contribution in [3.63, 3.8) is 0 Å². The Hall–Kier alpha value is -1.29. The van der Waals surface area contributed by atoms with Crippen molar-refractivity contribution >= 4 is 17.7 Å². The van der Waals surface area contributed by atoms with Crippen LogP contribution in [0.4, 0.5) is 13.2 Å². The summed E-state index contributed by atoms with van der Waals surface area (Å²) in [6.07, 6.45) is -4.30. The lowest BCUT2D eigenvalue weighted by atomic mass is 10.4. The predicted molar refractivity (Wildman–Crippen MR) is 53.2 cm³/mol. The molecule has 1 N–H and O–H groups in total. The molecular weight excluding hydrogens is 277 g/mol. The summed E-state index contributed by atoms with van der Waals surface area (Å²) in [5.74, 6) is -1.09. The molecule has 1 aromatic heterocycles. The molecule has 0 spiro atoms. The first-order valence-electron chi connectivity index (χ1n) is 4.68. The third kappa shape index (κ3) is 6.45. The summed E-state index contributed by atoms with van der Waals surface area (Å²) in [5.41, 5.74) is 0. The molecule has 0 bridgehead atoms. The van der Waals surface area contributed by atoms with Gasteiger partial charge in [-0.1, -0.05) is 16.9 Å². The fraction of sp³-hybridized carbons (Fsp3) is 0.625. The van der Waals surface area contributed by atoms with Crippen molar-refractivity contribution in [3.8, 4) is 0 Å². The number of aliphatic carboxylic acids is 1. The molecule has 102 valence electrons. The molecule has 0 aliphatic carbocycles. The molecule has 0 aliphatic rings. The van der Waals surface area contributed by atoms with Gasteiger partial charge in [0.1, 0.15) is 12.4 Å². The lowest BCUT2D eigenvalue weighted by Crippen LogP contribution is -2.18. The van der Waals surface area contributed by atoms with Gasteiger partial charge in [-0.05, 0) is 0 Å². The zero-order valence-corrected chi connectivity index (χ0v) is 9.75. The molecule has 0 fully saturated rings. The predicted octanol–water partition coefficient (Wildman–Crippen LogP) is 1.37. The maximum absolute atomic E-state index is 11.7. The van der Waals surface area contributed by atoms with Gasteiger partial charge in [-0.25, -0.2) is 0 Å². The van der Waals surface area contributed by atoms with Gasteiger partial charge in [0.2, 0.25) is 0 Å². The third-order valence-electron chi connectivity index (χ3n) is 1.50. The number of hydrogen-bond acceptors (Lipinski definition) is 6. The van der Waals surface area contributed by atoms with E-state index < -0.39 is 18.8 Å². The molecule has 0 aliphatic heterocycles. The van der Waals surface area contributed by atoms with Crippen LogP contribution in [-0.4, -0.2) is 46.4 Å². The highest BCUT2D eigenvalue weighted by atomic mass is 32.2. The molecular formula is C8H9F3N2O4S. The van der Waals surface area contributed by atoms with Crippen molar-refractivity contribution in [3.05, 3.63) is 5.82 Å². The highest BCUT2D eigenvalue weighted by Crippen LogP contribution is 2.16. The lowest BCUT2D eigenvalue weighted by Gasteiger charge is -2.05. The van der Waals surface area contributed by atoms with Gasteiger partial charge in [0.05, 0.1) is 6.61 Å². The van der Waals surface area contributed by atoms with Crippen LogP contribution in [0, 0.1) is 0 Å². The van der Waals surface area contributed by atoms with Crippen LogP contribution >= 0.6 is 11.8 Å². The van der Waals surface area contributed by atoms with Crippen LogP contribution in [0.3, 0.4) is 0 Å². The standard InChI is InChI=1S/C8H9F3N2O4S/c9-8(10,11)4-16-2-1-5-12-7(17-13-5)18-3-6(14)15/h1-4H2,(H,14,15). The highest BCUT2D eigenvalue weighted by Gasteiger charge is 2.27. The molecule has 0 radical (unpaired) electrons. The molecule has 1 rings (SSSR count). The molecule has 18 heavy (non-hydrogen) atoms. The normalized spacial score (nSPS) is 11.7. The topological polar surface area (TPSA) is 85.5 Å². The number of aromatic nitrogens is 2. The van der Waals surface area contributed by atoms with E-state index in [0.29, 0.717) is 0 Å². The molecule has 0 unspecified atom stereocenters. The number of carboxylic acids is 1. The van der Waals surface area contributed by atoms with Gasteiger partial charge >= 0.3 is 12.1 Å². The van der Waals surface area contributed by atoms with Crippen LogP contribution in [-0.2, 0) is 16.0 Å². The summed E-state index contributed by atoms with van der Waals surface area (Å²) < 4.78 is 44.2. The van der Waals surface area contributed by atoms with Gasteiger partial charge in [-0.3, -0.25) is 4.79 Å². The first-order valence-corrected chi connectivity index (χ1v) is 5.67. The van der Waals surface area contributed by atoms with Gasteiger partial charge in [0, 0.05) is 6.42 Å². The van der Waals surface area contributed by atoms with Crippen molar-refractivity contribution in [1.29, 1.82) is 0 Å². The summed E-state index contributed by atoms with van der Waals surface area (Å²) in [4.78, 5) is 14.0. The lowest BCUT2D eigenvalue weighted by molar-refractivity contribution is -0.173. The zero-order valence-electron chi connectivity index (χ0n) is 8.94. The maximum Gasteiger partial charge on any atom is 0.411 e. The fourth-order valence-corrected chi connectivity index (χ4v) is 1.38. The Morgan fingerprint density at radius 3 is 2.83 bits per heavy atom. The second-order valence-corrected chi connectivity index (χ2v) is 4.00. The largest absolute Gasteiger partial charge is 0.481 e. The first kappa shape index (κ1) is 14.8. The van der Waals surface area contributed by atoms with E-state index >= 15 is 0 Å². The summed E-state index contributed by atoms with van der Waals surface area (Å²) in [6, 6.07) is 0. The summed E-state index contributed by atoms with van der Waals surface area (Å²) >= 11 is 0.832. The van der Waals surface area contributed by atoms with Crippen molar-refractivity contribution in [2.75, 3.05) is 19.0 Å². The van der Waals surface area contributed by atoms with E-state index in [2.05, 4.69) is 19.4 Å². The van der Waals surface area contributed by atoms with Crippen LogP contribution in [0.1, 0.15) is 5.82 Å². The van der Waals surface area contributed by atoms with E-state index in [4.69, 9.17) is 5.11 Å². The second kappa shape index (κ2) is 6.59.